The van der Waals surface area contributed by atoms with Gasteiger partial charge in [0.25, 0.3) is 0 Å². The maximum atomic E-state index is 11.7. The molecule has 0 fully saturated rings. The number of urea groups is 1. The van der Waals surface area contributed by atoms with Crippen LogP contribution in [-0.4, -0.2) is 36.8 Å². The quantitative estimate of drug-likeness (QED) is 0.713. The van der Waals surface area contributed by atoms with Crippen molar-refractivity contribution in [1.82, 2.24) is 10.6 Å². The number of carboxylic acids is 1. The number of ether oxygens (including phenoxy) is 1. The lowest BCUT2D eigenvalue weighted by Crippen LogP contribution is -2.45. The summed E-state index contributed by atoms with van der Waals surface area (Å²) in [5.41, 5.74) is 1.01. The number of nitrogens with one attached hydrogen (secondary N) is 2. The van der Waals surface area contributed by atoms with Crippen LogP contribution in [0.1, 0.15) is 19.4 Å². The Kier molecular flexibility index (Phi) is 6.52. The van der Waals surface area contributed by atoms with Gasteiger partial charge in [-0.25, -0.2) is 4.79 Å². The number of carbonyl (C=O) groups excluding carboxylic acids is 1. The Morgan fingerprint density at radius 2 is 1.95 bits per heavy atom. The maximum Gasteiger partial charge on any atom is 0.315 e. The molecule has 0 radical (unpaired) electrons. The topological polar surface area (TPSA) is 87.7 Å². The number of para-hydroxylation sites is 1. The largest absolute Gasteiger partial charge is 0.496 e. The summed E-state index contributed by atoms with van der Waals surface area (Å²) in [5.74, 6) is -0.783. The monoisotopic (exact) mass is 294 g/mol. The summed E-state index contributed by atoms with van der Waals surface area (Å²) in [6.45, 7) is 3.67. The van der Waals surface area contributed by atoms with E-state index in [0.717, 1.165) is 11.3 Å². The van der Waals surface area contributed by atoms with Crippen molar-refractivity contribution >= 4 is 12.0 Å². The Morgan fingerprint density at radius 3 is 2.57 bits per heavy atom. The average Bonchev–Trinajstić information content (AvgIpc) is 2.46. The highest BCUT2D eigenvalue weighted by Gasteiger charge is 2.20. The summed E-state index contributed by atoms with van der Waals surface area (Å²) in [5, 5.41) is 14.2. The number of benzene rings is 1. The fraction of sp³-hybridized carbons (Fsp3) is 0.467. The normalized spacial score (nSPS) is 13.1. The summed E-state index contributed by atoms with van der Waals surface area (Å²) in [4.78, 5) is 22.5. The van der Waals surface area contributed by atoms with E-state index in [1.54, 1.807) is 21.0 Å². The van der Waals surface area contributed by atoms with Crippen molar-refractivity contribution in [2.45, 2.75) is 26.3 Å². The zero-order valence-electron chi connectivity index (χ0n) is 12.6. The second-order valence-electron chi connectivity index (χ2n) is 4.88. The highest BCUT2D eigenvalue weighted by Crippen LogP contribution is 2.17. The smallest absolute Gasteiger partial charge is 0.315 e. The fourth-order valence-electron chi connectivity index (χ4n) is 1.82. The van der Waals surface area contributed by atoms with E-state index in [4.69, 9.17) is 9.84 Å². The van der Waals surface area contributed by atoms with E-state index in [2.05, 4.69) is 10.6 Å². The molecule has 1 aromatic carbocycles. The molecule has 0 saturated heterocycles. The number of aliphatic carboxylic acids is 1. The molecule has 6 heteroatoms. The molecule has 116 valence electrons. The van der Waals surface area contributed by atoms with Gasteiger partial charge in [0.15, 0.2) is 0 Å². The Hall–Kier alpha value is -2.24. The second-order valence-corrected chi connectivity index (χ2v) is 4.88. The minimum atomic E-state index is -0.933. The van der Waals surface area contributed by atoms with Crippen molar-refractivity contribution in [2.75, 3.05) is 13.7 Å². The van der Waals surface area contributed by atoms with Crippen LogP contribution in [0.3, 0.4) is 0 Å². The van der Waals surface area contributed by atoms with Crippen molar-refractivity contribution in [2.24, 2.45) is 5.92 Å². The van der Waals surface area contributed by atoms with E-state index in [1.165, 1.54) is 0 Å². The average molecular weight is 294 g/mol. The highest BCUT2D eigenvalue weighted by atomic mass is 16.5. The molecule has 0 spiro atoms. The number of carboxylic acid groups (broad SMARTS) is 1. The molecule has 2 atom stereocenters. The summed E-state index contributed by atoms with van der Waals surface area (Å²) < 4.78 is 5.23. The molecule has 0 aromatic heterocycles. The number of amides is 2. The van der Waals surface area contributed by atoms with Crippen molar-refractivity contribution in [3.8, 4) is 5.75 Å². The first-order valence-corrected chi connectivity index (χ1v) is 6.84. The van der Waals surface area contributed by atoms with Crippen molar-refractivity contribution in [3.05, 3.63) is 29.8 Å². The third kappa shape index (κ3) is 5.33. The lowest BCUT2D eigenvalue weighted by molar-refractivity contribution is -0.141. The van der Waals surface area contributed by atoms with Crippen LogP contribution in [0.15, 0.2) is 24.3 Å². The minimum Gasteiger partial charge on any atom is -0.496 e. The standard InChI is InChI=1S/C15H22N2O4/c1-10(14(18)19)11(2)17-15(20)16-9-8-12-6-4-5-7-13(12)21-3/h4-7,10-11H,8-9H2,1-3H3,(H,18,19)(H2,16,17,20). The summed E-state index contributed by atoms with van der Waals surface area (Å²) in [6.07, 6.45) is 0.639. The van der Waals surface area contributed by atoms with Gasteiger partial charge in [-0.1, -0.05) is 18.2 Å². The molecule has 0 bridgehead atoms. The van der Waals surface area contributed by atoms with Crippen LogP contribution in [-0.2, 0) is 11.2 Å². The number of rotatable bonds is 7. The molecule has 2 unspecified atom stereocenters. The Balaban J connectivity index is 2.38. The Bertz CT molecular complexity index is 490. The summed E-state index contributed by atoms with van der Waals surface area (Å²) >= 11 is 0. The summed E-state index contributed by atoms with van der Waals surface area (Å²) in [6, 6.07) is 6.80. The van der Waals surface area contributed by atoms with Crippen LogP contribution in [0.2, 0.25) is 0 Å². The van der Waals surface area contributed by atoms with Crippen molar-refractivity contribution < 1.29 is 19.4 Å². The molecule has 1 aromatic rings. The number of hydrogen-bond acceptors (Lipinski definition) is 3. The molecule has 0 aliphatic heterocycles. The molecule has 2 amide bonds. The third-order valence-electron chi connectivity index (χ3n) is 3.37. The van der Waals surface area contributed by atoms with E-state index in [1.807, 2.05) is 24.3 Å². The van der Waals surface area contributed by atoms with E-state index >= 15 is 0 Å². The van der Waals surface area contributed by atoms with E-state index in [-0.39, 0.29) is 6.03 Å². The first kappa shape index (κ1) is 16.8. The third-order valence-corrected chi connectivity index (χ3v) is 3.37. The van der Waals surface area contributed by atoms with Crippen LogP contribution in [0.5, 0.6) is 5.75 Å². The molecule has 0 saturated carbocycles. The van der Waals surface area contributed by atoms with Crippen LogP contribution in [0.4, 0.5) is 4.79 Å². The van der Waals surface area contributed by atoms with Gasteiger partial charge in [-0.05, 0) is 31.9 Å². The van der Waals surface area contributed by atoms with Crippen molar-refractivity contribution in [1.29, 1.82) is 0 Å². The molecular formula is C15H22N2O4. The molecule has 6 nitrogen and oxygen atoms in total. The van der Waals surface area contributed by atoms with Gasteiger partial charge < -0.3 is 20.5 Å². The number of carbonyl (C=O) groups is 2. The minimum absolute atomic E-state index is 0.370. The van der Waals surface area contributed by atoms with E-state index < -0.39 is 17.9 Å². The van der Waals surface area contributed by atoms with Gasteiger partial charge in [0.2, 0.25) is 0 Å². The number of hydrogen-bond donors (Lipinski definition) is 3. The first-order valence-electron chi connectivity index (χ1n) is 6.84. The van der Waals surface area contributed by atoms with Crippen LogP contribution >= 0.6 is 0 Å². The first-order chi connectivity index (χ1) is 9.95. The summed E-state index contributed by atoms with van der Waals surface area (Å²) in [7, 11) is 1.61. The zero-order valence-corrected chi connectivity index (χ0v) is 12.6. The van der Waals surface area contributed by atoms with Gasteiger partial charge >= 0.3 is 12.0 Å². The van der Waals surface area contributed by atoms with Gasteiger partial charge in [-0.3, -0.25) is 4.79 Å². The molecular weight excluding hydrogens is 272 g/mol. The lowest BCUT2D eigenvalue weighted by Gasteiger charge is -2.18. The predicted octanol–water partition coefficient (Wildman–Crippen LogP) is 1.65. The molecule has 0 aliphatic carbocycles. The molecule has 0 heterocycles. The van der Waals surface area contributed by atoms with E-state index in [0.29, 0.717) is 13.0 Å². The van der Waals surface area contributed by atoms with Crippen LogP contribution in [0.25, 0.3) is 0 Å². The Morgan fingerprint density at radius 1 is 1.29 bits per heavy atom. The van der Waals surface area contributed by atoms with Gasteiger partial charge in [0.1, 0.15) is 5.75 Å². The lowest BCUT2D eigenvalue weighted by atomic mass is 10.0. The second kappa shape index (κ2) is 8.14. The van der Waals surface area contributed by atoms with Gasteiger partial charge in [-0.2, -0.15) is 0 Å². The molecule has 3 N–H and O–H groups in total. The highest BCUT2D eigenvalue weighted by molar-refractivity contribution is 5.76. The maximum absolute atomic E-state index is 11.7. The van der Waals surface area contributed by atoms with Crippen LogP contribution in [0, 0.1) is 5.92 Å². The molecule has 1 rings (SSSR count). The van der Waals surface area contributed by atoms with Crippen molar-refractivity contribution in [3.63, 3.8) is 0 Å². The van der Waals surface area contributed by atoms with Gasteiger partial charge in [0, 0.05) is 12.6 Å². The molecule has 21 heavy (non-hydrogen) atoms. The van der Waals surface area contributed by atoms with E-state index in [9.17, 15) is 9.59 Å². The zero-order chi connectivity index (χ0) is 15.8. The fourth-order valence-corrected chi connectivity index (χ4v) is 1.82. The SMILES string of the molecule is COc1ccccc1CCNC(=O)NC(C)C(C)C(=O)O. The molecule has 0 aliphatic rings. The number of methoxy groups -OCH3 is 1. The Labute approximate surface area is 124 Å². The van der Waals surface area contributed by atoms with Crippen LogP contribution < -0.4 is 15.4 Å². The van der Waals surface area contributed by atoms with Gasteiger partial charge in [0.05, 0.1) is 13.0 Å². The van der Waals surface area contributed by atoms with Gasteiger partial charge in [-0.15, -0.1) is 0 Å². The predicted molar refractivity (Wildman–Crippen MR) is 79.5 cm³/mol.